The minimum atomic E-state index is -1.26. The third kappa shape index (κ3) is 94.3. The van der Waals surface area contributed by atoms with Gasteiger partial charge in [0.25, 0.3) is 0 Å². The van der Waals surface area contributed by atoms with Gasteiger partial charge in [0.2, 0.25) is 0 Å². The maximum absolute atomic E-state index is 9.55. The summed E-state index contributed by atoms with van der Waals surface area (Å²) in [6.07, 6.45) is 1.86. The van der Waals surface area contributed by atoms with E-state index in [1.165, 1.54) is 14.2 Å². The minimum Gasteiger partial charge on any atom is -0.478 e. The SMILES string of the molecule is COC(N)=O.COC(N)=O.O=C(O)/C=C/C(=O)O.O=C(O)/C=C/C(=O)O.O=C(O)/C=C/C(=O)O. The summed E-state index contributed by atoms with van der Waals surface area (Å²) in [5.41, 5.74) is 8.86. The number of methoxy groups -OCH3 is 2. The Morgan fingerprint density at radius 1 is 0.441 bits per heavy atom. The summed E-state index contributed by atoms with van der Waals surface area (Å²) in [7, 11) is 2.45. The van der Waals surface area contributed by atoms with E-state index in [1.807, 2.05) is 0 Å². The van der Waals surface area contributed by atoms with E-state index in [0.717, 1.165) is 0 Å². The zero-order valence-electron chi connectivity index (χ0n) is 17.4. The second-order valence-corrected chi connectivity index (χ2v) is 4.08. The van der Waals surface area contributed by atoms with Crippen LogP contribution in [0.25, 0.3) is 0 Å². The van der Waals surface area contributed by atoms with Gasteiger partial charge in [-0.1, -0.05) is 0 Å². The molecule has 192 valence electrons. The van der Waals surface area contributed by atoms with E-state index in [1.54, 1.807) is 0 Å². The van der Waals surface area contributed by atoms with Crippen LogP contribution in [0.2, 0.25) is 0 Å². The Morgan fingerprint density at radius 2 is 0.529 bits per heavy atom. The van der Waals surface area contributed by atoms with Crippen molar-refractivity contribution in [3.8, 4) is 0 Å². The average molecular weight is 498 g/mol. The number of nitrogens with two attached hydrogens (primary N) is 2. The molecule has 18 heteroatoms. The van der Waals surface area contributed by atoms with E-state index in [4.69, 9.17) is 30.6 Å². The third-order valence-electron chi connectivity index (χ3n) is 1.51. The zero-order chi connectivity index (χ0) is 28.3. The molecule has 0 radical (unpaired) electrons. The van der Waals surface area contributed by atoms with Gasteiger partial charge in [0, 0.05) is 36.5 Å². The number of rotatable bonds is 6. The van der Waals surface area contributed by atoms with E-state index in [2.05, 4.69) is 20.9 Å². The van der Waals surface area contributed by atoms with Crippen LogP contribution in [0.15, 0.2) is 36.5 Å². The van der Waals surface area contributed by atoms with E-state index in [-0.39, 0.29) is 0 Å². The van der Waals surface area contributed by atoms with Crippen LogP contribution in [0.4, 0.5) is 9.59 Å². The standard InChI is InChI=1S/3C4H4O4.2C2H5NO2/c3*5-3(6)1-2-4(7)8;2*1-5-2(3)4/h3*1-2H,(H,5,6)(H,7,8);2*1H3,(H2,3,4)/b3*2-1+;;. The summed E-state index contributed by atoms with van der Waals surface area (Å²) < 4.78 is 7.78. The first-order valence-corrected chi connectivity index (χ1v) is 7.51. The van der Waals surface area contributed by atoms with Crippen LogP contribution in [0.1, 0.15) is 0 Å². The molecule has 0 bridgehead atoms. The van der Waals surface area contributed by atoms with Crippen LogP contribution in [0.3, 0.4) is 0 Å². The van der Waals surface area contributed by atoms with E-state index in [0.29, 0.717) is 36.5 Å². The molecule has 0 atom stereocenters. The Morgan fingerprint density at radius 3 is 0.559 bits per heavy atom. The van der Waals surface area contributed by atoms with Gasteiger partial charge in [0.05, 0.1) is 14.2 Å². The van der Waals surface area contributed by atoms with Gasteiger partial charge < -0.3 is 51.6 Å². The molecular weight excluding hydrogens is 476 g/mol. The lowest BCUT2D eigenvalue weighted by Gasteiger charge is -1.81. The average Bonchev–Trinajstić information content (AvgIpc) is 2.71. The Hall–Kier alpha value is -5.42. The van der Waals surface area contributed by atoms with Gasteiger partial charge in [0.1, 0.15) is 0 Å². The summed E-state index contributed by atoms with van der Waals surface area (Å²) in [5.74, 6) is -7.54. The summed E-state index contributed by atoms with van der Waals surface area (Å²) in [6, 6.07) is 0. The van der Waals surface area contributed by atoms with Crippen LogP contribution >= 0.6 is 0 Å². The molecule has 0 saturated heterocycles. The van der Waals surface area contributed by atoms with E-state index < -0.39 is 48.0 Å². The van der Waals surface area contributed by atoms with Gasteiger partial charge >= 0.3 is 48.0 Å². The van der Waals surface area contributed by atoms with Crippen molar-refractivity contribution in [3.63, 3.8) is 0 Å². The number of carbonyl (C=O) groups is 8. The lowest BCUT2D eigenvalue weighted by Crippen LogP contribution is -2.08. The lowest BCUT2D eigenvalue weighted by molar-refractivity contribution is -0.134. The Balaban J connectivity index is -0.000000105. The van der Waals surface area contributed by atoms with Crippen LogP contribution in [-0.2, 0) is 38.2 Å². The number of carboxylic acids is 6. The Labute approximate surface area is 189 Å². The van der Waals surface area contributed by atoms with Crippen molar-refractivity contribution >= 4 is 48.0 Å². The molecular formula is C16H22N2O16. The minimum absolute atomic E-state index is 0.558. The Kier molecular flexibility index (Phi) is 31.7. The van der Waals surface area contributed by atoms with Crippen molar-refractivity contribution in [1.82, 2.24) is 0 Å². The first kappa shape index (κ1) is 39.1. The fraction of sp³-hybridized carbons (Fsp3) is 0.125. The number of primary amides is 2. The normalized spacial score (nSPS) is 8.65. The molecule has 0 aliphatic rings. The molecule has 10 N–H and O–H groups in total. The molecule has 2 amide bonds. The molecule has 0 aromatic heterocycles. The van der Waals surface area contributed by atoms with Crippen molar-refractivity contribution < 1.29 is 78.5 Å². The molecule has 0 aromatic rings. The molecule has 0 saturated carbocycles. The van der Waals surface area contributed by atoms with Crippen molar-refractivity contribution in [2.24, 2.45) is 11.5 Å². The number of hydrogen-bond acceptors (Lipinski definition) is 10. The summed E-state index contributed by atoms with van der Waals surface area (Å²) in [5, 5.41) is 46.9. The zero-order valence-corrected chi connectivity index (χ0v) is 17.4. The van der Waals surface area contributed by atoms with Crippen molar-refractivity contribution in [2.45, 2.75) is 0 Å². The number of amides is 2. The van der Waals surface area contributed by atoms with Gasteiger partial charge in [-0.15, -0.1) is 0 Å². The third-order valence-corrected chi connectivity index (χ3v) is 1.51. The lowest BCUT2D eigenvalue weighted by atomic mass is 10.5. The molecule has 0 unspecified atom stereocenters. The highest BCUT2D eigenvalue weighted by atomic mass is 16.5. The monoisotopic (exact) mass is 498 g/mol. The van der Waals surface area contributed by atoms with Crippen LogP contribution < -0.4 is 11.5 Å². The first-order valence-electron chi connectivity index (χ1n) is 7.51. The van der Waals surface area contributed by atoms with Gasteiger partial charge in [-0.05, 0) is 0 Å². The second kappa shape index (κ2) is 27.6. The van der Waals surface area contributed by atoms with Gasteiger partial charge in [-0.2, -0.15) is 0 Å². The van der Waals surface area contributed by atoms with Gasteiger partial charge in [-0.25, -0.2) is 38.4 Å². The van der Waals surface area contributed by atoms with Crippen LogP contribution in [0, 0.1) is 0 Å². The first-order chi connectivity index (χ1) is 15.4. The van der Waals surface area contributed by atoms with Gasteiger partial charge in [-0.3, -0.25) is 0 Å². The number of carboxylic acid groups (broad SMARTS) is 6. The quantitative estimate of drug-likeness (QED) is 0.194. The number of aliphatic carboxylic acids is 6. The molecule has 0 fully saturated rings. The maximum Gasteiger partial charge on any atom is 0.404 e. The molecule has 34 heavy (non-hydrogen) atoms. The number of hydrogen-bond donors (Lipinski definition) is 8. The predicted octanol–water partition coefficient (Wildman–Crippen LogP) is -1.44. The molecule has 0 aliphatic heterocycles. The second-order valence-electron chi connectivity index (χ2n) is 4.08. The maximum atomic E-state index is 9.55. The molecule has 0 spiro atoms. The number of carbonyl (C=O) groups excluding carboxylic acids is 2. The highest BCUT2D eigenvalue weighted by molar-refractivity contribution is 5.90. The topological polar surface area (TPSA) is 328 Å². The molecule has 0 aliphatic carbocycles. The van der Waals surface area contributed by atoms with Crippen LogP contribution in [-0.4, -0.2) is 92.9 Å². The van der Waals surface area contributed by atoms with Crippen molar-refractivity contribution in [2.75, 3.05) is 14.2 Å². The largest absolute Gasteiger partial charge is 0.478 e. The van der Waals surface area contributed by atoms with Crippen LogP contribution in [0.5, 0.6) is 0 Å². The summed E-state index contributed by atoms with van der Waals surface area (Å²) >= 11 is 0. The highest BCUT2D eigenvalue weighted by Crippen LogP contribution is 1.71. The Bertz CT molecular complexity index is 639. The van der Waals surface area contributed by atoms with Crippen molar-refractivity contribution in [1.29, 1.82) is 0 Å². The summed E-state index contributed by atoms with van der Waals surface area (Å²) in [4.78, 5) is 76.1. The fourth-order valence-electron chi connectivity index (χ4n) is 0.428. The van der Waals surface area contributed by atoms with E-state index in [9.17, 15) is 38.4 Å². The van der Waals surface area contributed by atoms with E-state index >= 15 is 0 Å². The molecule has 18 nitrogen and oxygen atoms in total. The van der Waals surface area contributed by atoms with Gasteiger partial charge in [0.15, 0.2) is 0 Å². The molecule has 0 aromatic carbocycles. The molecule has 0 heterocycles. The molecule has 0 rings (SSSR count). The highest BCUT2D eigenvalue weighted by Gasteiger charge is 1.89. The number of ether oxygens (including phenoxy) is 2. The summed E-state index contributed by atoms with van der Waals surface area (Å²) in [6.45, 7) is 0. The smallest absolute Gasteiger partial charge is 0.404 e. The fourth-order valence-corrected chi connectivity index (χ4v) is 0.428. The van der Waals surface area contributed by atoms with Crippen molar-refractivity contribution in [3.05, 3.63) is 36.5 Å². The predicted molar refractivity (Wildman–Crippen MR) is 106 cm³/mol.